The van der Waals surface area contributed by atoms with Crippen molar-refractivity contribution in [1.82, 2.24) is 10.2 Å². The lowest BCUT2D eigenvalue weighted by molar-refractivity contribution is 0.0830. The lowest BCUT2D eigenvalue weighted by atomic mass is 10.1. The minimum absolute atomic E-state index is 0.192. The number of nitrogens with zero attached hydrogens (tertiary/aromatic N) is 1. The first-order valence-corrected chi connectivity index (χ1v) is 6.77. The van der Waals surface area contributed by atoms with E-state index >= 15 is 0 Å². The van der Waals surface area contributed by atoms with Gasteiger partial charge in [0.25, 0.3) is 0 Å². The fourth-order valence-electron chi connectivity index (χ4n) is 1.93. The highest BCUT2D eigenvalue weighted by molar-refractivity contribution is 4.79. The van der Waals surface area contributed by atoms with Crippen molar-refractivity contribution in [3.05, 3.63) is 0 Å². The van der Waals surface area contributed by atoms with Crippen LogP contribution in [0.5, 0.6) is 0 Å². The topological polar surface area (TPSA) is 24.5 Å². The number of likely N-dealkylation sites (N-methyl/N-ethyl adjacent to an activating group) is 1. The van der Waals surface area contributed by atoms with Crippen molar-refractivity contribution in [2.24, 2.45) is 0 Å². The molecule has 0 spiro atoms. The monoisotopic (exact) mass is 244 g/mol. The van der Waals surface area contributed by atoms with Crippen LogP contribution in [0.2, 0.25) is 0 Å². The molecule has 0 amide bonds. The Morgan fingerprint density at radius 2 is 1.88 bits per heavy atom. The maximum absolute atomic E-state index is 5.24. The van der Waals surface area contributed by atoms with Crippen LogP contribution in [0.1, 0.15) is 47.5 Å². The molecule has 0 radical (unpaired) electrons. The molecule has 0 aliphatic rings. The number of rotatable bonds is 8. The number of hydrogen-bond acceptors (Lipinski definition) is 3. The Hall–Kier alpha value is -0.120. The summed E-state index contributed by atoms with van der Waals surface area (Å²) >= 11 is 0. The van der Waals surface area contributed by atoms with Crippen LogP contribution in [0, 0.1) is 0 Å². The second-order valence-corrected chi connectivity index (χ2v) is 6.04. The first kappa shape index (κ1) is 16.9. The van der Waals surface area contributed by atoms with Crippen LogP contribution in [0.25, 0.3) is 0 Å². The predicted octanol–water partition coefficient (Wildman–Crippen LogP) is 2.51. The summed E-state index contributed by atoms with van der Waals surface area (Å²) in [5.41, 5.74) is 0.192. The normalized spacial score (nSPS) is 16.2. The molecule has 0 fully saturated rings. The van der Waals surface area contributed by atoms with Gasteiger partial charge in [0.05, 0.1) is 6.61 Å². The number of methoxy groups -OCH3 is 1. The molecule has 2 unspecified atom stereocenters. The Labute approximate surface area is 108 Å². The number of nitrogens with one attached hydrogen (secondary N) is 1. The maximum atomic E-state index is 5.24. The molecule has 0 aliphatic carbocycles. The molecule has 0 heterocycles. The Kier molecular flexibility index (Phi) is 8.01. The smallest absolute Gasteiger partial charge is 0.0615 e. The molecule has 0 aromatic rings. The lowest BCUT2D eigenvalue weighted by Gasteiger charge is -2.35. The maximum Gasteiger partial charge on any atom is 0.0615 e. The number of hydrogen-bond donors (Lipinski definition) is 1. The standard InChI is InChI=1S/C14H32N2O/c1-8-9-13(10-15-14(3,4)5)16(6)12(2)11-17-7/h12-13,15H,8-11H2,1-7H3. The minimum Gasteiger partial charge on any atom is -0.383 e. The Morgan fingerprint density at radius 1 is 1.29 bits per heavy atom. The van der Waals surface area contributed by atoms with Gasteiger partial charge in [-0.2, -0.15) is 0 Å². The predicted molar refractivity (Wildman–Crippen MR) is 75.6 cm³/mol. The van der Waals surface area contributed by atoms with E-state index in [9.17, 15) is 0 Å². The molecule has 0 aromatic carbocycles. The molecule has 2 atom stereocenters. The van der Waals surface area contributed by atoms with Crippen LogP contribution in [0.4, 0.5) is 0 Å². The van der Waals surface area contributed by atoms with Gasteiger partial charge in [-0.15, -0.1) is 0 Å². The summed E-state index contributed by atoms with van der Waals surface area (Å²) in [6, 6.07) is 1.06. The van der Waals surface area contributed by atoms with Crippen LogP contribution in [0.15, 0.2) is 0 Å². The Bertz CT molecular complexity index is 189. The molecule has 17 heavy (non-hydrogen) atoms. The van der Waals surface area contributed by atoms with Crippen LogP contribution in [0.3, 0.4) is 0 Å². The van der Waals surface area contributed by atoms with Crippen molar-refractivity contribution in [2.75, 3.05) is 27.3 Å². The van der Waals surface area contributed by atoms with Crippen LogP contribution >= 0.6 is 0 Å². The zero-order chi connectivity index (χ0) is 13.5. The molecule has 0 saturated carbocycles. The third kappa shape index (κ3) is 7.74. The van der Waals surface area contributed by atoms with E-state index in [1.54, 1.807) is 7.11 Å². The summed E-state index contributed by atoms with van der Waals surface area (Å²) in [6.45, 7) is 13.0. The van der Waals surface area contributed by atoms with Crippen LogP contribution in [-0.4, -0.2) is 49.8 Å². The van der Waals surface area contributed by atoms with Crippen molar-refractivity contribution < 1.29 is 4.74 Å². The Balaban J connectivity index is 4.29. The van der Waals surface area contributed by atoms with Crippen molar-refractivity contribution in [2.45, 2.75) is 65.1 Å². The van der Waals surface area contributed by atoms with E-state index in [0.717, 1.165) is 13.2 Å². The van der Waals surface area contributed by atoms with E-state index in [0.29, 0.717) is 12.1 Å². The van der Waals surface area contributed by atoms with Gasteiger partial charge in [-0.05, 0) is 41.2 Å². The van der Waals surface area contributed by atoms with Gasteiger partial charge in [0, 0.05) is 31.3 Å². The van der Waals surface area contributed by atoms with E-state index < -0.39 is 0 Å². The van der Waals surface area contributed by atoms with Gasteiger partial charge >= 0.3 is 0 Å². The highest BCUT2D eigenvalue weighted by Gasteiger charge is 2.20. The zero-order valence-electron chi connectivity index (χ0n) is 12.8. The fourth-order valence-corrected chi connectivity index (χ4v) is 1.93. The summed E-state index contributed by atoms with van der Waals surface area (Å²) < 4.78 is 5.24. The van der Waals surface area contributed by atoms with Gasteiger partial charge in [-0.25, -0.2) is 0 Å². The first-order valence-electron chi connectivity index (χ1n) is 6.77. The largest absolute Gasteiger partial charge is 0.383 e. The summed E-state index contributed by atoms with van der Waals surface area (Å²) in [4.78, 5) is 2.44. The molecule has 0 bridgehead atoms. The summed E-state index contributed by atoms with van der Waals surface area (Å²) in [6.07, 6.45) is 2.45. The Morgan fingerprint density at radius 3 is 2.29 bits per heavy atom. The molecular formula is C14H32N2O. The van der Waals surface area contributed by atoms with Gasteiger partial charge in [-0.1, -0.05) is 13.3 Å². The van der Waals surface area contributed by atoms with Gasteiger partial charge < -0.3 is 10.1 Å². The lowest BCUT2D eigenvalue weighted by Crippen LogP contribution is -2.49. The van der Waals surface area contributed by atoms with Crippen LogP contribution in [-0.2, 0) is 4.74 Å². The average Bonchev–Trinajstić information content (AvgIpc) is 2.22. The summed E-state index contributed by atoms with van der Waals surface area (Å²) in [5, 5.41) is 3.60. The van der Waals surface area contributed by atoms with Gasteiger partial charge in [0.1, 0.15) is 0 Å². The molecular weight excluding hydrogens is 212 g/mol. The van der Waals surface area contributed by atoms with Crippen molar-refractivity contribution in [3.8, 4) is 0 Å². The molecule has 3 nitrogen and oxygen atoms in total. The first-order chi connectivity index (χ1) is 7.81. The molecule has 3 heteroatoms. The zero-order valence-corrected chi connectivity index (χ0v) is 12.8. The third-order valence-electron chi connectivity index (χ3n) is 3.17. The van der Waals surface area contributed by atoms with Crippen LogP contribution < -0.4 is 5.32 Å². The molecule has 0 aliphatic heterocycles. The van der Waals surface area contributed by atoms with E-state index in [1.165, 1.54) is 12.8 Å². The fraction of sp³-hybridized carbons (Fsp3) is 1.00. The highest BCUT2D eigenvalue weighted by Crippen LogP contribution is 2.10. The van der Waals surface area contributed by atoms with Crippen molar-refractivity contribution in [3.63, 3.8) is 0 Å². The van der Waals surface area contributed by atoms with Gasteiger partial charge in [0.15, 0.2) is 0 Å². The van der Waals surface area contributed by atoms with E-state index in [4.69, 9.17) is 4.74 Å². The molecule has 0 aromatic heterocycles. The molecule has 104 valence electrons. The van der Waals surface area contributed by atoms with Gasteiger partial charge in [0.2, 0.25) is 0 Å². The minimum atomic E-state index is 0.192. The van der Waals surface area contributed by atoms with E-state index in [2.05, 4.69) is 51.9 Å². The van der Waals surface area contributed by atoms with Gasteiger partial charge in [-0.3, -0.25) is 4.90 Å². The number of ether oxygens (including phenoxy) is 1. The average molecular weight is 244 g/mol. The third-order valence-corrected chi connectivity index (χ3v) is 3.17. The second kappa shape index (κ2) is 8.06. The SMILES string of the molecule is CCCC(CNC(C)(C)C)N(C)C(C)COC. The molecule has 1 N–H and O–H groups in total. The molecule has 0 rings (SSSR count). The summed E-state index contributed by atoms with van der Waals surface area (Å²) in [7, 11) is 3.97. The second-order valence-electron chi connectivity index (χ2n) is 6.04. The molecule has 0 saturated heterocycles. The summed E-state index contributed by atoms with van der Waals surface area (Å²) in [5.74, 6) is 0. The van der Waals surface area contributed by atoms with E-state index in [1.807, 2.05) is 0 Å². The quantitative estimate of drug-likeness (QED) is 0.710. The van der Waals surface area contributed by atoms with Crippen molar-refractivity contribution >= 4 is 0 Å². The van der Waals surface area contributed by atoms with E-state index in [-0.39, 0.29) is 5.54 Å². The highest BCUT2D eigenvalue weighted by atomic mass is 16.5. The van der Waals surface area contributed by atoms with Crippen molar-refractivity contribution in [1.29, 1.82) is 0 Å².